The number of H-pyrrole nitrogens is 1. The fourth-order valence-corrected chi connectivity index (χ4v) is 4.50. The lowest BCUT2D eigenvalue weighted by Gasteiger charge is -2.39. The summed E-state index contributed by atoms with van der Waals surface area (Å²) in [6.07, 6.45) is 8.37. The number of benzene rings is 1. The number of imidazole rings is 1. The molecule has 2 aliphatic rings. The van der Waals surface area contributed by atoms with E-state index >= 15 is 0 Å². The van der Waals surface area contributed by atoms with Crippen LogP contribution in [0.2, 0.25) is 0 Å². The van der Waals surface area contributed by atoms with Crippen LogP contribution in [0.3, 0.4) is 0 Å². The third-order valence-corrected chi connectivity index (χ3v) is 6.16. The second-order valence-electron chi connectivity index (χ2n) is 8.17. The van der Waals surface area contributed by atoms with E-state index in [0.29, 0.717) is 0 Å². The van der Waals surface area contributed by atoms with Gasteiger partial charge in [0, 0.05) is 43.5 Å². The van der Waals surface area contributed by atoms with Crippen LogP contribution in [0.5, 0.6) is 0 Å². The second-order valence-corrected chi connectivity index (χ2v) is 8.17. The van der Waals surface area contributed by atoms with Crippen molar-refractivity contribution in [1.29, 1.82) is 0 Å². The Labute approximate surface area is 161 Å². The van der Waals surface area contributed by atoms with Crippen LogP contribution in [-0.4, -0.2) is 39.4 Å². The van der Waals surface area contributed by atoms with Crippen molar-refractivity contribution >= 4 is 5.91 Å². The lowest BCUT2D eigenvalue weighted by Crippen LogP contribution is -2.50. The number of hydrogen-bond acceptors (Lipinski definition) is 3. The van der Waals surface area contributed by atoms with E-state index in [0.717, 1.165) is 56.7 Å². The summed E-state index contributed by atoms with van der Waals surface area (Å²) in [5.74, 6) is 1.31. The highest BCUT2D eigenvalue weighted by Gasteiger charge is 2.46. The van der Waals surface area contributed by atoms with Gasteiger partial charge in [-0.05, 0) is 31.2 Å². The normalized spacial score (nSPS) is 22.3. The largest absolute Gasteiger partial charge is 0.350 e. The van der Waals surface area contributed by atoms with Gasteiger partial charge in [0.1, 0.15) is 5.82 Å². The maximum Gasteiger partial charge on any atom is 0.228 e. The standard InChI is InChI=1S/C22H30N4O/c1-2-3-9-20-23-15-18(24-20)16-26-12-10-22(11-13-26)14-19(21(27)25-22)17-7-5-4-6-8-17/h4-8,15,19H,2-3,9-14,16H2,1H3,(H,23,24)(H,25,27)/t19-/m1/s1. The van der Waals surface area contributed by atoms with Gasteiger partial charge >= 0.3 is 0 Å². The molecule has 27 heavy (non-hydrogen) atoms. The zero-order valence-corrected chi connectivity index (χ0v) is 16.2. The summed E-state index contributed by atoms with van der Waals surface area (Å²) in [4.78, 5) is 23.0. The maximum atomic E-state index is 12.6. The van der Waals surface area contributed by atoms with Gasteiger partial charge in [-0.1, -0.05) is 43.7 Å². The number of nitrogens with zero attached hydrogens (tertiary/aromatic N) is 2. The van der Waals surface area contributed by atoms with Crippen LogP contribution in [0.4, 0.5) is 0 Å². The third kappa shape index (κ3) is 4.08. The maximum absolute atomic E-state index is 12.6. The fraction of sp³-hybridized carbons (Fsp3) is 0.545. The summed E-state index contributed by atoms with van der Waals surface area (Å²) in [5.41, 5.74) is 2.33. The van der Waals surface area contributed by atoms with Gasteiger partial charge in [-0.25, -0.2) is 4.98 Å². The Balaban J connectivity index is 1.32. The molecular formula is C22H30N4O. The second kappa shape index (κ2) is 7.85. The van der Waals surface area contributed by atoms with Crippen LogP contribution in [-0.2, 0) is 17.8 Å². The Kier molecular flexibility index (Phi) is 5.30. The molecule has 144 valence electrons. The molecule has 2 fully saturated rings. The van der Waals surface area contributed by atoms with Crippen LogP contribution >= 0.6 is 0 Å². The van der Waals surface area contributed by atoms with Crippen LogP contribution in [0.15, 0.2) is 36.5 Å². The number of likely N-dealkylation sites (tertiary alicyclic amines) is 1. The SMILES string of the molecule is CCCCc1ncc(CN2CCC3(CC2)C[C@H](c2ccccc2)C(=O)N3)[nH]1. The molecule has 0 unspecified atom stereocenters. The number of amides is 1. The molecule has 0 saturated carbocycles. The lowest BCUT2D eigenvalue weighted by atomic mass is 9.82. The number of hydrogen-bond donors (Lipinski definition) is 2. The number of nitrogens with one attached hydrogen (secondary N) is 2. The van der Waals surface area contributed by atoms with Crippen molar-refractivity contribution in [2.45, 2.75) is 63.5 Å². The Morgan fingerprint density at radius 3 is 2.74 bits per heavy atom. The molecule has 1 amide bonds. The van der Waals surface area contributed by atoms with E-state index in [-0.39, 0.29) is 17.4 Å². The van der Waals surface area contributed by atoms with Gasteiger partial charge < -0.3 is 10.3 Å². The van der Waals surface area contributed by atoms with E-state index in [9.17, 15) is 4.79 Å². The third-order valence-electron chi connectivity index (χ3n) is 6.16. The van der Waals surface area contributed by atoms with E-state index in [4.69, 9.17) is 0 Å². The number of rotatable bonds is 6. The summed E-state index contributed by atoms with van der Waals surface area (Å²) < 4.78 is 0. The van der Waals surface area contributed by atoms with Crippen molar-refractivity contribution in [1.82, 2.24) is 20.2 Å². The first-order valence-electron chi connectivity index (χ1n) is 10.3. The first-order valence-corrected chi connectivity index (χ1v) is 10.3. The average Bonchev–Trinajstić information content (AvgIpc) is 3.27. The topological polar surface area (TPSA) is 61.0 Å². The summed E-state index contributed by atoms with van der Waals surface area (Å²) >= 11 is 0. The highest BCUT2D eigenvalue weighted by molar-refractivity contribution is 5.87. The Bertz CT molecular complexity index is 762. The molecule has 2 aliphatic heterocycles. The van der Waals surface area contributed by atoms with Gasteiger partial charge in [0.05, 0.1) is 5.92 Å². The van der Waals surface area contributed by atoms with Crippen molar-refractivity contribution in [3.63, 3.8) is 0 Å². The molecule has 1 aromatic heterocycles. The van der Waals surface area contributed by atoms with Crippen molar-refractivity contribution in [3.8, 4) is 0 Å². The Morgan fingerprint density at radius 1 is 1.22 bits per heavy atom. The zero-order valence-electron chi connectivity index (χ0n) is 16.2. The molecule has 4 rings (SSSR count). The van der Waals surface area contributed by atoms with Gasteiger partial charge in [0.2, 0.25) is 5.91 Å². The predicted molar refractivity (Wildman–Crippen MR) is 106 cm³/mol. The molecule has 2 N–H and O–H groups in total. The molecular weight excluding hydrogens is 336 g/mol. The average molecular weight is 367 g/mol. The number of piperidine rings is 1. The van der Waals surface area contributed by atoms with E-state index in [2.05, 4.69) is 39.2 Å². The van der Waals surface area contributed by atoms with E-state index in [1.165, 1.54) is 18.5 Å². The fourth-order valence-electron chi connectivity index (χ4n) is 4.50. The molecule has 2 saturated heterocycles. The predicted octanol–water partition coefficient (Wildman–Crippen LogP) is 3.39. The first-order chi connectivity index (χ1) is 13.2. The quantitative estimate of drug-likeness (QED) is 0.824. The molecule has 0 bridgehead atoms. The summed E-state index contributed by atoms with van der Waals surface area (Å²) in [7, 11) is 0. The lowest BCUT2D eigenvalue weighted by molar-refractivity contribution is -0.121. The summed E-state index contributed by atoms with van der Waals surface area (Å²) in [5, 5.41) is 3.34. The molecule has 5 heteroatoms. The smallest absolute Gasteiger partial charge is 0.228 e. The molecule has 1 aromatic carbocycles. The molecule has 0 aliphatic carbocycles. The van der Waals surface area contributed by atoms with Crippen molar-refractivity contribution in [2.75, 3.05) is 13.1 Å². The molecule has 3 heterocycles. The highest BCUT2D eigenvalue weighted by Crippen LogP contribution is 2.39. The number of aromatic nitrogens is 2. The van der Waals surface area contributed by atoms with Gasteiger partial charge in [0.15, 0.2) is 0 Å². The number of carbonyl (C=O) groups excluding carboxylic acids is 1. The van der Waals surface area contributed by atoms with E-state index in [1.54, 1.807) is 0 Å². The number of unbranched alkanes of at least 4 members (excludes halogenated alkanes) is 1. The highest BCUT2D eigenvalue weighted by atomic mass is 16.2. The summed E-state index contributed by atoms with van der Waals surface area (Å²) in [6.45, 7) is 5.17. The van der Waals surface area contributed by atoms with Crippen LogP contribution < -0.4 is 5.32 Å². The minimum Gasteiger partial charge on any atom is -0.350 e. The number of aryl methyl sites for hydroxylation is 1. The molecule has 5 nitrogen and oxygen atoms in total. The molecule has 0 radical (unpaired) electrons. The van der Waals surface area contributed by atoms with Crippen molar-refractivity contribution in [2.24, 2.45) is 0 Å². The number of carbonyl (C=O) groups is 1. The summed E-state index contributed by atoms with van der Waals surface area (Å²) in [6, 6.07) is 10.2. The Hall–Kier alpha value is -2.14. The Morgan fingerprint density at radius 2 is 2.00 bits per heavy atom. The monoisotopic (exact) mass is 366 g/mol. The minimum atomic E-state index is -0.0195. The van der Waals surface area contributed by atoms with Gasteiger partial charge in [-0.3, -0.25) is 9.69 Å². The van der Waals surface area contributed by atoms with Crippen LogP contribution in [0, 0.1) is 0 Å². The van der Waals surface area contributed by atoms with E-state index < -0.39 is 0 Å². The van der Waals surface area contributed by atoms with Crippen molar-refractivity contribution in [3.05, 3.63) is 53.6 Å². The van der Waals surface area contributed by atoms with Crippen molar-refractivity contribution < 1.29 is 4.79 Å². The molecule has 2 aromatic rings. The molecule has 1 atom stereocenters. The zero-order chi connectivity index (χ0) is 18.7. The van der Waals surface area contributed by atoms with Crippen LogP contribution in [0.1, 0.15) is 62.0 Å². The molecule has 1 spiro atoms. The van der Waals surface area contributed by atoms with E-state index in [1.807, 2.05) is 24.4 Å². The first kappa shape index (κ1) is 18.2. The van der Waals surface area contributed by atoms with Gasteiger partial charge in [-0.2, -0.15) is 0 Å². The van der Waals surface area contributed by atoms with Gasteiger partial charge in [0.25, 0.3) is 0 Å². The van der Waals surface area contributed by atoms with Crippen LogP contribution in [0.25, 0.3) is 0 Å². The minimum absolute atomic E-state index is 0.00600. The van der Waals surface area contributed by atoms with Gasteiger partial charge in [-0.15, -0.1) is 0 Å². The number of aromatic amines is 1.